The molecule has 2 N–H and O–H groups in total. The zero-order chi connectivity index (χ0) is 21.9. The lowest BCUT2D eigenvalue weighted by molar-refractivity contribution is -0.0284. The molecule has 1 unspecified atom stereocenters. The lowest BCUT2D eigenvalue weighted by atomic mass is 10.2. The van der Waals surface area contributed by atoms with E-state index in [0.717, 1.165) is 64.1 Å². The average Bonchev–Trinajstić information content (AvgIpc) is 3.23. The summed E-state index contributed by atoms with van der Waals surface area (Å²) in [5, 5.41) is 15.1. The first-order valence-corrected chi connectivity index (χ1v) is 11.4. The van der Waals surface area contributed by atoms with Gasteiger partial charge in [-0.2, -0.15) is 0 Å². The highest BCUT2D eigenvalue weighted by Gasteiger charge is 2.21. The van der Waals surface area contributed by atoms with Crippen molar-refractivity contribution in [3.8, 4) is 0 Å². The first kappa shape index (κ1) is 26.5. The molecule has 0 bridgehead atoms. The molecule has 1 aromatic heterocycles. The summed E-state index contributed by atoms with van der Waals surface area (Å²) in [6.45, 7) is 13.4. The Hall–Kier alpha value is -1.72. The molecule has 0 amide bonds. The molecule has 178 valence electrons. The topological polar surface area (TPSA) is 79.6 Å². The van der Waals surface area contributed by atoms with Crippen molar-refractivity contribution in [1.29, 1.82) is 0 Å². The van der Waals surface area contributed by atoms with E-state index in [1.165, 1.54) is 5.56 Å². The van der Waals surface area contributed by atoms with Crippen LogP contribution in [0.25, 0.3) is 0 Å². The van der Waals surface area contributed by atoms with Gasteiger partial charge < -0.3 is 19.9 Å². The number of ether oxygens (including phenoxy) is 1. The van der Waals surface area contributed by atoms with Crippen LogP contribution in [0.1, 0.15) is 32.2 Å². The smallest absolute Gasteiger partial charge is 0.191 e. The summed E-state index contributed by atoms with van der Waals surface area (Å²) in [6, 6.07) is 10.3. The number of nitrogens with one attached hydrogen (secondary N) is 2. The highest BCUT2D eigenvalue weighted by Crippen LogP contribution is 2.07. The summed E-state index contributed by atoms with van der Waals surface area (Å²) in [6.07, 6.45) is 2.83. The van der Waals surface area contributed by atoms with Crippen LogP contribution in [0.2, 0.25) is 0 Å². The third-order valence-corrected chi connectivity index (χ3v) is 5.26. The maximum atomic E-state index is 5.99. The number of guanidine groups is 1. The normalized spacial score (nSPS) is 17.2. The number of nitrogens with zero attached hydrogens (tertiary/aromatic N) is 5. The van der Waals surface area contributed by atoms with Crippen molar-refractivity contribution in [3.63, 3.8) is 0 Å². The van der Waals surface area contributed by atoms with Crippen LogP contribution >= 0.6 is 24.0 Å². The summed E-state index contributed by atoms with van der Waals surface area (Å²) in [7, 11) is 0. The molecule has 32 heavy (non-hydrogen) atoms. The molecule has 1 saturated heterocycles. The van der Waals surface area contributed by atoms with Crippen molar-refractivity contribution in [2.75, 3.05) is 39.3 Å². The Morgan fingerprint density at radius 1 is 1.25 bits per heavy atom. The van der Waals surface area contributed by atoms with E-state index in [2.05, 4.69) is 63.2 Å². The number of hydrogen-bond donors (Lipinski definition) is 2. The molecule has 1 aromatic carbocycles. The van der Waals surface area contributed by atoms with Crippen molar-refractivity contribution >= 4 is 29.9 Å². The highest BCUT2D eigenvalue weighted by atomic mass is 127. The fourth-order valence-electron chi connectivity index (χ4n) is 3.76. The fraction of sp³-hybridized carbons (Fsp3) is 0.609. The van der Waals surface area contributed by atoms with Gasteiger partial charge in [-0.1, -0.05) is 51.1 Å². The van der Waals surface area contributed by atoms with Gasteiger partial charge in [-0.3, -0.25) is 4.90 Å². The van der Waals surface area contributed by atoms with E-state index in [4.69, 9.17) is 9.73 Å². The standard InChI is InChI=1S/C23H37N7O.HI/c1-4-22-28-27-18-30(22)11-10-24-23(25-14-20-8-6-5-7-9-20)26-15-21-17-29(12-13-31-21)16-19(2)3;/h5-9,18-19,21H,4,10-17H2,1-3H3,(H2,24,25,26);1H. The number of aromatic nitrogens is 3. The molecule has 2 aromatic rings. The molecule has 8 nitrogen and oxygen atoms in total. The Labute approximate surface area is 209 Å². The molecule has 1 aliphatic rings. The maximum Gasteiger partial charge on any atom is 0.191 e. The van der Waals surface area contributed by atoms with E-state index in [9.17, 15) is 0 Å². The molecule has 0 saturated carbocycles. The molecular weight excluding hydrogens is 517 g/mol. The Balaban J connectivity index is 0.00000363. The summed E-state index contributed by atoms with van der Waals surface area (Å²) >= 11 is 0. The quantitative estimate of drug-likeness (QED) is 0.267. The zero-order valence-corrected chi connectivity index (χ0v) is 21.9. The predicted molar refractivity (Wildman–Crippen MR) is 139 cm³/mol. The number of aliphatic imine (C=N–C) groups is 1. The molecule has 9 heteroatoms. The number of benzene rings is 1. The summed E-state index contributed by atoms with van der Waals surface area (Å²) in [4.78, 5) is 7.29. The summed E-state index contributed by atoms with van der Waals surface area (Å²) < 4.78 is 8.07. The largest absolute Gasteiger partial charge is 0.374 e. The third kappa shape index (κ3) is 9.03. The van der Waals surface area contributed by atoms with Gasteiger partial charge in [-0.25, -0.2) is 4.99 Å². The molecular formula is C23H38IN7O. The van der Waals surface area contributed by atoms with Gasteiger partial charge in [0.2, 0.25) is 0 Å². The molecule has 1 atom stereocenters. The Morgan fingerprint density at radius 2 is 2.06 bits per heavy atom. The molecule has 1 fully saturated rings. The van der Waals surface area contributed by atoms with Crippen molar-refractivity contribution in [1.82, 2.24) is 30.3 Å². The number of halogens is 1. The van der Waals surface area contributed by atoms with E-state index in [-0.39, 0.29) is 30.1 Å². The van der Waals surface area contributed by atoms with Gasteiger partial charge in [0.1, 0.15) is 12.2 Å². The Kier molecular flexibility index (Phi) is 12.0. The van der Waals surface area contributed by atoms with E-state index in [1.54, 1.807) is 6.33 Å². The molecule has 0 radical (unpaired) electrons. The monoisotopic (exact) mass is 555 g/mol. The van der Waals surface area contributed by atoms with Gasteiger partial charge in [0.25, 0.3) is 0 Å². The predicted octanol–water partition coefficient (Wildman–Crippen LogP) is 2.55. The van der Waals surface area contributed by atoms with E-state index >= 15 is 0 Å². The first-order chi connectivity index (χ1) is 15.1. The number of hydrogen-bond acceptors (Lipinski definition) is 5. The van der Waals surface area contributed by atoms with Crippen LogP contribution in [0.3, 0.4) is 0 Å². The molecule has 0 aliphatic carbocycles. The summed E-state index contributed by atoms with van der Waals surface area (Å²) in [5.41, 5.74) is 1.19. The SMILES string of the molecule is CCc1nncn1CCNC(=NCc1ccccc1)NCC1CN(CC(C)C)CCO1.I. The van der Waals surface area contributed by atoms with Crippen LogP contribution in [-0.4, -0.2) is 71.1 Å². The second-order valence-electron chi connectivity index (χ2n) is 8.40. The van der Waals surface area contributed by atoms with Crippen LogP contribution < -0.4 is 10.6 Å². The molecule has 2 heterocycles. The van der Waals surface area contributed by atoms with Crippen LogP contribution in [-0.2, 0) is 24.2 Å². The van der Waals surface area contributed by atoms with Crippen molar-refractivity contribution in [3.05, 3.63) is 48.0 Å². The third-order valence-electron chi connectivity index (χ3n) is 5.26. The number of morpholine rings is 1. The van der Waals surface area contributed by atoms with Crippen LogP contribution in [0, 0.1) is 5.92 Å². The van der Waals surface area contributed by atoms with Gasteiger partial charge in [0.15, 0.2) is 5.96 Å². The fourth-order valence-corrected chi connectivity index (χ4v) is 3.76. The van der Waals surface area contributed by atoms with Crippen LogP contribution in [0.15, 0.2) is 41.7 Å². The minimum absolute atomic E-state index is 0. The van der Waals surface area contributed by atoms with Crippen LogP contribution in [0.5, 0.6) is 0 Å². The van der Waals surface area contributed by atoms with Crippen molar-refractivity contribution < 1.29 is 4.74 Å². The second kappa shape index (κ2) is 14.4. The number of rotatable bonds is 10. The molecule has 0 spiro atoms. The Morgan fingerprint density at radius 3 is 2.81 bits per heavy atom. The van der Waals surface area contributed by atoms with Gasteiger partial charge in [0, 0.05) is 45.7 Å². The van der Waals surface area contributed by atoms with Crippen LogP contribution in [0.4, 0.5) is 0 Å². The van der Waals surface area contributed by atoms with Crippen molar-refractivity contribution in [2.24, 2.45) is 10.9 Å². The van der Waals surface area contributed by atoms with Gasteiger partial charge in [-0.15, -0.1) is 34.2 Å². The second-order valence-corrected chi connectivity index (χ2v) is 8.40. The van der Waals surface area contributed by atoms with E-state index in [1.807, 2.05) is 18.2 Å². The lowest BCUT2D eigenvalue weighted by Crippen LogP contribution is -2.50. The van der Waals surface area contributed by atoms with Crippen molar-refractivity contribution in [2.45, 2.75) is 46.4 Å². The molecule has 3 rings (SSSR count). The molecule has 1 aliphatic heterocycles. The van der Waals surface area contributed by atoms with Gasteiger partial charge in [0.05, 0.1) is 19.3 Å². The summed E-state index contributed by atoms with van der Waals surface area (Å²) in [5.74, 6) is 2.47. The first-order valence-electron chi connectivity index (χ1n) is 11.4. The highest BCUT2D eigenvalue weighted by molar-refractivity contribution is 14.0. The minimum Gasteiger partial charge on any atom is -0.374 e. The lowest BCUT2D eigenvalue weighted by Gasteiger charge is -2.34. The van der Waals surface area contributed by atoms with Gasteiger partial charge in [-0.05, 0) is 11.5 Å². The zero-order valence-electron chi connectivity index (χ0n) is 19.5. The van der Waals surface area contributed by atoms with Gasteiger partial charge >= 0.3 is 0 Å². The Bertz CT molecular complexity index is 797. The van der Waals surface area contributed by atoms with E-state index < -0.39 is 0 Å². The maximum absolute atomic E-state index is 5.99. The van der Waals surface area contributed by atoms with E-state index in [0.29, 0.717) is 12.5 Å². The number of aryl methyl sites for hydroxylation is 1. The minimum atomic E-state index is 0. The average molecular weight is 556 g/mol.